The Morgan fingerprint density at radius 2 is 1.96 bits per heavy atom. The number of amides is 3. The van der Waals surface area contributed by atoms with Crippen molar-refractivity contribution in [2.24, 2.45) is 0 Å². The minimum atomic E-state index is -0.359. The first-order valence-corrected chi connectivity index (χ1v) is 7.49. The van der Waals surface area contributed by atoms with E-state index in [-0.39, 0.29) is 42.2 Å². The van der Waals surface area contributed by atoms with Gasteiger partial charge in [-0.25, -0.2) is 0 Å². The van der Waals surface area contributed by atoms with Crippen LogP contribution in [0.1, 0.15) is 50.8 Å². The maximum Gasteiger partial charge on any atom is 0.261 e. The molecule has 6 nitrogen and oxygen atoms in total. The van der Waals surface area contributed by atoms with Crippen LogP contribution in [0.2, 0.25) is 0 Å². The molecule has 0 aromatic heterocycles. The van der Waals surface area contributed by atoms with Gasteiger partial charge in [-0.15, -0.1) is 12.4 Å². The maximum absolute atomic E-state index is 12.4. The van der Waals surface area contributed by atoms with E-state index in [4.69, 9.17) is 0 Å². The molecule has 0 bridgehead atoms. The van der Waals surface area contributed by atoms with Gasteiger partial charge in [0.15, 0.2) is 0 Å². The van der Waals surface area contributed by atoms with Crippen LogP contribution in [-0.2, 0) is 0 Å². The lowest BCUT2D eigenvalue weighted by Crippen LogP contribution is -2.51. The Labute approximate surface area is 141 Å². The lowest BCUT2D eigenvalue weighted by Gasteiger charge is -2.30. The third-order valence-electron chi connectivity index (χ3n) is 4.43. The van der Waals surface area contributed by atoms with Crippen molar-refractivity contribution in [2.75, 3.05) is 13.6 Å². The average Bonchev–Trinajstić information content (AvgIpc) is 2.74. The number of carbonyl (C=O) groups excluding carboxylic acids is 3. The van der Waals surface area contributed by atoms with Gasteiger partial charge in [0.1, 0.15) is 0 Å². The SMILES string of the molecule is CC1NCCCC1NC(=O)c1ccc2c(c1)C(=O)N(C)C2=O.Cl. The molecule has 0 saturated carbocycles. The molecule has 3 amide bonds. The highest BCUT2D eigenvalue weighted by molar-refractivity contribution is 6.21. The number of halogens is 1. The van der Waals surface area contributed by atoms with Crippen LogP contribution < -0.4 is 10.6 Å². The summed E-state index contributed by atoms with van der Waals surface area (Å²) in [7, 11) is 1.44. The quantitative estimate of drug-likeness (QED) is 0.795. The van der Waals surface area contributed by atoms with E-state index in [1.165, 1.54) is 13.1 Å². The van der Waals surface area contributed by atoms with E-state index in [0.717, 1.165) is 24.3 Å². The number of carbonyl (C=O) groups is 3. The summed E-state index contributed by atoms with van der Waals surface area (Å²) in [6.45, 7) is 3.01. The molecule has 2 atom stereocenters. The first kappa shape index (κ1) is 17.4. The second-order valence-corrected chi connectivity index (χ2v) is 5.89. The molecular weight excluding hydrogens is 318 g/mol. The highest BCUT2D eigenvalue weighted by Crippen LogP contribution is 2.23. The summed E-state index contributed by atoms with van der Waals surface area (Å²) in [5.41, 5.74) is 1.07. The van der Waals surface area contributed by atoms with Gasteiger partial charge in [0.05, 0.1) is 11.1 Å². The highest BCUT2D eigenvalue weighted by atomic mass is 35.5. The summed E-state index contributed by atoms with van der Waals surface area (Å²) in [5, 5.41) is 6.33. The van der Waals surface area contributed by atoms with Crippen molar-refractivity contribution in [2.45, 2.75) is 31.8 Å². The lowest BCUT2D eigenvalue weighted by atomic mass is 9.99. The second kappa shape index (κ2) is 6.68. The largest absolute Gasteiger partial charge is 0.348 e. The van der Waals surface area contributed by atoms with E-state index < -0.39 is 0 Å². The third kappa shape index (κ3) is 3.09. The monoisotopic (exact) mass is 337 g/mol. The Hall–Kier alpha value is -1.92. The van der Waals surface area contributed by atoms with Crippen LogP contribution in [0.5, 0.6) is 0 Å². The molecule has 0 radical (unpaired) electrons. The number of fused-ring (bicyclic) bond motifs is 1. The van der Waals surface area contributed by atoms with Crippen LogP contribution in [-0.4, -0.2) is 48.3 Å². The average molecular weight is 338 g/mol. The maximum atomic E-state index is 12.4. The van der Waals surface area contributed by atoms with E-state index in [9.17, 15) is 14.4 Å². The zero-order valence-electron chi connectivity index (χ0n) is 13.1. The van der Waals surface area contributed by atoms with E-state index >= 15 is 0 Å². The molecule has 2 aliphatic heterocycles. The van der Waals surface area contributed by atoms with Crippen LogP contribution in [0.25, 0.3) is 0 Å². The van der Waals surface area contributed by atoms with Crippen molar-refractivity contribution in [3.8, 4) is 0 Å². The topological polar surface area (TPSA) is 78.5 Å². The Balaban J connectivity index is 0.00000192. The van der Waals surface area contributed by atoms with Gasteiger partial charge >= 0.3 is 0 Å². The van der Waals surface area contributed by atoms with Gasteiger partial charge < -0.3 is 10.6 Å². The smallest absolute Gasteiger partial charge is 0.261 e. The minimum Gasteiger partial charge on any atom is -0.348 e. The predicted octanol–water partition coefficient (Wildman–Crippen LogP) is 1.20. The van der Waals surface area contributed by atoms with Crippen LogP contribution >= 0.6 is 12.4 Å². The standard InChI is InChI=1S/C16H19N3O3.ClH/c1-9-13(4-3-7-17-9)18-14(20)10-5-6-11-12(8-10)16(22)19(2)15(11)21;/h5-6,8-9,13,17H,3-4,7H2,1-2H3,(H,18,20);1H. The molecule has 0 aliphatic carbocycles. The van der Waals surface area contributed by atoms with Crippen molar-refractivity contribution >= 4 is 30.1 Å². The fraction of sp³-hybridized carbons (Fsp3) is 0.438. The van der Waals surface area contributed by atoms with E-state index in [1.807, 2.05) is 6.92 Å². The van der Waals surface area contributed by atoms with Gasteiger partial charge in [-0.2, -0.15) is 0 Å². The number of imide groups is 1. The molecule has 3 rings (SSSR count). The van der Waals surface area contributed by atoms with E-state index in [0.29, 0.717) is 16.7 Å². The first-order valence-electron chi connectivity index (χ1n) is 7.49. The number of piperidine rings is 1. The number of rotatable bonds is 2. The second-order valence-electron chi connectivity index (χ2n) is 5.89. The molecule has 124 valence electrons. The van der Waals surface area contributed by atoms with Gasteiger partial charge in [0, 0.05) is 24.7 Å². The van der Waals surface area contributed by atoms with Crippen molar-refractivity contribution in [3.05, 3.63) is 34.9 Å². The number of nitrogens with one attached hydrogen (secondary N) is 2. The number of hydrogen-bond donors (Lipinski definition) is 2. The summed E-state index contributed by atoms with van der Waals surface area (Å²) < 4.78 is 0. The molecular formula is C16H20ClN3O3. The van der Waals surface area contributed by atoms with Gasteiger partial charge in [-0.3, -0.25) is 19.3 Å². The molecule has 7 heteroatoms. The van der Waals surface area contributed by atoms with Gasteiger partial charge in [-0.05, 0) is 44.5 Å². The summed E-state index contributed by atoms with van der Waals surface area (Å²) >= 11 is 0. The fourth-order valence-corrected chi connectivity index (χ4v) is 3.00. The molecule has 2 heterocycles. The Bertz CT molecular complexity index is 662. The van der Waals surface area contributed by atoms with Crippen LogP contribution in [0.3, 0.4) is 0 Å². The van der Waals surface area contributed by atoms with Crippen molar-refractivity contribution in [3.63, 3.8) is 0 Å². The predicted molar refractivity (Wildman–Crippen MR) is 88.1 cm³/mol. The molecule has 2 N–H and O–H groups in total. The van der Waals surface area contributed by atoms with Gasteiger partial charge in [-0.1, -0.05) is 0 Å². The Morgan fingerprint density at radius 1 is 1.26 bits per heavy atom. The summed E-state index contributed by atoms with van der Waals surface area (Å²) in [6.07, 6.45) is 1.96. The fourth-order valence-electron chi connectivity index (χ4n) is 3.00. The van der Waals surface area contributed by atoms with Crippen LogP contribution in [0, 0.1) is 0 Å². The Morgan fingerprint density at radius 3 is 2.65 bits per heavy atom. The van der Waals surface area contributed by atoms with Crippen LogP contribution in [0.4, 0.5) is 0 Å². The van der Waals surface area contributed by atoms with Crippen molar-refractivity contribution in [1.82, 2.24) is 15.5 Å². The highest BCUT2D eigenvalue weighted by Gasteiger charge is 2.33. The van der Waals surface area contributed by atoms with Gasteiger partial charge in [0.2, 0.25) is 0 Å². The molecule has 2 aliphatic rings. The van der Waals surface area contributed by atoms with Gasteiger partial charge in [0.25, 0.3) is 17.7 Å². The molecule has 23 heavy (non-hydrogen) atoms. The zero-order valence-corrected chi connectivity index (χ0v) is 13.9. The number of nitrogens with zero attached hydrogens (tertiary/aromatic N) is 1. The Kier molecular flexibility index (Phi) is 5.06. The van der Waals surface area contributed by atoms with Crippen molar-refractivity contribution in [1.29, 1.82) is 0 Å². The number of benzene rings is 1. The van der Waals surface area contributed by atoms with E-state index in [2.05, 4.69) is 10.6 Å². The molecule has 1 saturated heterocycles. The number of hydrogen-bond acceptors (Lipinski definition) is 4. The van der Waals surface area contributed by atoms with Crippen LogP contribution in [0.15, 0.2) is 18.2 Å². The lowest BCUT2D eigenvalue weighted by molar-refractivity contribution is 0.0693. The molecule has 1 aromatic rings. The molecule has 0 spiro atoms. The first-order chi connectivity index (χ1) is 10.5. The summed E-state index contributed by atoms with van der Waals surface area (Å²) in [5.74, 6) is -0.891. The summed E-state index contributed by atoms with van der Waals surface area (Å²) in [6, 6.07) is 4.96. The molecule has 1 fully saturated rings. The molecule has 1 aromatic carbocycles. The summed E-state index contributed by atoms with van der Waals surface area (Å²) in [4.78, 5) is 37.3. The third-order valence-corrected chi connectivity index (χ3v) is 4.43. The molecule has 2 unspecified atom stereocenters. The zero-order chi connectivity index (χ0) is 15.9. The van der Waals surface area contributed by atoms with Crippen molar-refractivity contribution < 1.29 is 14.4 Å². The minimum absolute atomic E-state index is 0. The van der Waals surface area contributed by atoms with E-state index in [1.54, 1.807) is 12.1 Å². The normalized spacial score (nSPS) is 23.3.